The van der Waals surface area contributed by atoms with Crippen LogP contribution >= 0.6 is 0 Å². The van der Waals surface area contributed by atoms with Crippen molar-refractivity contribution in [2.45, 2.75) is 52.2 Å². The number of halogens is 1. The number of carbonyl (C=O) groups excluding carboxylic acids is 1. The van der Waals surface area contributed by atoms with E-state index >= 15 is 0 Å². The largest absolute Gasteiger partial charge is 0.528 e. The van der Waals surface area contributed by atoms with E-state index in [1.54, 1.807) is 30.7 Å². The van der Waals surface area contributed by atoms with Crippen molar-refractivity contribution in [2.75, 3.05) is 19.7 Å². The zero-order valence-electron chi connectivity index (χ0n) is 20.0. The summed E-state index contributed by atoms with van der Waals surface area (Å²) in [4.78, 5) is 27.5. The third kappa shape index (κ3) is 4.71. The zero-order chi connectivity index (χ0) is 24.3. The summed E-state index contributed by atoms with van der Waals surface area (Å²) in [6.45, 7) is 9.35. The molecule has 0 spiro atoms. The van der Waals surface area contributed by atoms with Gasteiger partial charge in [-0.25, -0.2) is 9.37 Å². The number of piperidine rings is 1. The van der Waals surface area contributed by atoms with Crippen LogP contribution in [0.3, 0.4) is 0 Å². The molecule has 0 radical (unpaired) electrons. The average Bonchev–Trinajstić information content (AvgIpc) is 3.21. The molecule has 1 saturated heterocycles. The maximum absolute atomic E-state index is 14.0. The van der Waals surface area contributed by atoms with Crippen LogP contribution in [0.2, 0.25) is 0 Å². The van der Waals surface area contributed by atoms with Crippen molar-refractivity contribution in [3.8, 4) is 6.01 Å². The number of benzene rings is 1. The molecule has 34 heavy (non-hydrogen) atoms. The Bertz CT molecular complexity index is 1100. The molecule has 4 rings (SSSR count). The molecule has 1 aromatic carbocycles. The minimum atomic E-state index is -0.699. The van der Waals surface area contributed by atoms with E-state index in [4.69, 9.17) is 14.5 Å². The molecular weight excluding hydrogens is 437 g/mol. The lowest BCUT2D eigenvalue weighted by Crippen LogP contribution is -2.59. The highest BCUT2D eigenvalue weighted by Crippen LogP contribution is 2.44. The summed E-state index contributed by atoms with van der Waals surface area (Å²) in [7, 11) is 0. The third-order valence-corrected chi connectivity index (χ3v) is 5.81. The first-order valence-corrected chi connectivity index (χ1v) is 11.6. The number of rotatable bonds is 5. The molecular formula is C25H31FN5O3+. The van der Waals surface area contributed by atoms with Gasteiger partial charge in [0.2, 0.25) is 12.0 Å². The molecule has 2 aliphatic rings. The second kappa shape index (κ2) is 9.60. The molecule has 1 fully saturated rings. The molecule has 1 unspecified atom stereocenters. The fourth-order valence-electron chi connectivity index (χ4n) is 4.36. The molecule has 0 saturated carbocycles. The van der Waals surface area contributed by atoms with Gasteiger partial charge in [0.05, 0.1) is 6.61 Å². The molecule has 180 valence electrons. The van der Waals surface area contributed by atoms with E-state index in [9.17, 15) is 9.18 Å². The van der Waals surface area contributed by atoms with Crippen molar-refractivity contribution in [3.63, 3.8) is 0 Å². The fourth-order valence-corrected chi connectivity index (χ4v) is 4.36. The SMILES string of the molecule is CCOc1nccc(C2=C(c3ccc(F)cc3)N=C[N+]2(C(=O)OC(C)(C)C)C2CCNCC2)n1. The van der Waals surface area contributed by atoms with E-state index in [2.05, 4.69) is 15.3 Å². The Balaban J connectivity index is 1.96. The van der Waals surface area contributed by atoms with Gasteiger partial charge in [-0.3, -0.25) is 0 Å². The maximum Gasteiger partial charge on any atom is 0.528 e. The lowest BCUT2D eigenvalue weighted by atomic mass is 9.99. The number of aromatic nitrogens is 2. The van der Waals surface area contributed by atoms with Crippen LogP contribution < -0.4 is 10.1 Å². The van der Waals surface area contributed by atoms with Crippen molar-refractivity contribution in [1.29, 1.82) is 0 Å². The third-order valence-electron chi connectivity index (χ3n) is 5.81. The molecule has 0 bridgehead atoms. The van der Waals surface area contributed by atoms with Crippen LogP contribution in [-0.2, 0) is 4.74 Å². The summed E-state index contributed by atoms with van der Waals surface area (Å²) in [5.41, 5.74) is 1.62. The summed E-state index contributed by atoms with van der Waals surface area (Å²) >= 11 is 0. The van der Waals surface area contributed by atoms with Crippen LogP contribution in [0.15, 0.2) is 41.5 Å². The van der Waals surface area contributed by atoms with Crippen LogP contribution in [0.4, 0.5) is 9.18 Å². The van der Waals surface area contributed by atoms with Crippen molar-refractivity contribution < 1.29 is 23.1 Å². The number of amides is 1. The molecule has 1 atom stereocenters. The van der Waals surface area contributed by atoms with Gasteiger partial charge in [0, 0.05) is 37.7 Å². The molecule has 0 aliphatic carbocycles. The van der Waals surface area contributed by atoms with Gasteiger partial charge >= 0.3 is 12.1 Å². The van der Waals surface area contributed by atoms with Crippen LogP contribution in [0, 0.1) is 5.82 Å². The fraction of sp³-hybridized carbons (Fsp3) is 0.440. The van der Waals surface area contributed by atoms with Gasteiger partial charge in [-0.1, -0.05) is 0 Å². The normalized spacial score (nSPS) is 21.1. The Kier molecular flexibility index (Phi) is 6.77. The van der Waals surface area contributed by atoms with Crippen LogP contribution in [0.5, 0.6) is 6.01 Å². The second-order valence-corrected chi connectivity index (χ2v) is 9.34. The molecule has 1 N–H and O–H groups in total. The van der Waals surface area contributed by atoms with Gasteiger partial charge in [-0.15, -0.1) is 4.48 Å². The maximum atomic E-state index is 14.0. The lowest BCUT2D eigenvalue weighted by molar-refractivity contribution is -0.715. The number of hydrogen-bond donors (Lipinski definition) is 1. The first kappa shape index (κ1) is 24.0. The summed E-state index contributed by atoms with van der Waals surface area (Å²) in [6.07, 6.45) is 4.32. The Morgan fingerprint density at radius 3 is 2.53 bits per heavy atom. The van der Waals surface area contributed by atoms with Crippen molar-refractivity contribution in [1.82, 2.24) is 15.3 Å². The number of carbonyl (C=O) groups is 1. The van der Waals surface area contributed by atoms with Gasteiger partial charge < -0.3 is 14.8 Å². The van der Waals surface area contributed by atoms with E-state index in [-0.39, 0.29) is 22.4 Å². The number of quaternary nitrogens is 1. The van der Waals surface area contributed by atoms with Crippen LogP contribution in [-0.4, -0.2) is 58.2 Å². The monoisotopic (exact) mass is 468 g/mol. The first-order valence-electron chi connectivity index (χ1n) is 11.6. The molecule has 1 amide bonds. The summed E-state index contributed by atoms with van der Waals surface area (Å²) < 4.78 is 25.0. The smallest absolute Gasteiger partial charge is 0.464 e. The van der Waals surface area contributed by atoms with Crippen molar-refractivity contribution in [2.24, 2.45) is 4.99 Å². The average molecular weight is 469 g/mol. The summed E-state index contributed by atoms with van der Waals surface area (Å²) in [5, 5.41) is 3.36. The van der Waals surface area contributed by atoms with E-state index < -0.39 is 11.7 Å². The van der Waals surface area contributed by atoms with E-state index in [0.717, 1.165) is 25.9 Å². The highest BCUT2D eigenvalue weighted by molar-refractivity contribution is 5.99. The number of nitrogens with zero attached hydrogens (tertiary/aromatic N) is 4. The molecule has 3 heterocycles. The number of nitrogens with one attached hydrogen (secondary N) is 1. The topological polar surface area (TPSA) is 85.7 Å². The van der Waals surface area contributed by atoms with Crippen LogP contribution in [0.25, 0.3) is 11.4 Å². The second-order valence-electron chi connectivity index (χ2n) is 9.34. The highest BCUT2D eigenvalue weighted by atomic mass is 19.1. The van der Waals surface area contributed by atoms with E-state index in [0.29, 0.717) is 29.3 Å². The lowest BCUT2D eigenvalue weighted by Gasteiger charge is -2.39. The van der Waals surface area contributed by atoms with Crippen molar-refractivity contribution in [3.05, 3.63) is 53.6 Å². The predicted molar refractivity (Wildman–Crippen MR) is 127 cm³/mol. The Morgan fingerprint density at radius 2 is 1.88 bits per heavy atom. The number of aliphatic imine (C=N–C) groups is 1. The highest BCUT2D eigenvalue weighted by Gasteiger charge is 2.55. The standard InChI is InChI=1S/C25H31FN5O3/c1-5-33-23-28-15-12-20(30-23)22-21(17-6-8-18(26)9-7-17)29-16-31(22,19-10-13-27-14-11-19)24(32)34-25(2,3)4/h6-9,12,15-16,19,27H,5,10-11,13-14H2,1-4H3/q+1. The predicted octanol–water partition coefficient (Wildman–Crippen LogP) is 4.39. The number of ether oxygens (including phenoxy) is 2. The molecule has 8 nitrogen and oxygen atoms in total. The molecule has 1 aromatic heterocycles. The molecule has 2 aromatic rings. The Hall–Kier alpha value is -3.17. The Labute approximate surface area is 199 Å². The van der Waals surface area contributed by atoms with E-state index in [1.807, 2.05) is 27.7 Å². The van der Waals surface area contributed by atoms with Gasteiger partial charge in [-0.2, -0.15) is 14.8 Å². The summed E-state index contributed by atoms with van der Waals surface area (Å²) in [6, 6.07) is 7.92. The molecule has 2 aliphatic heterocycles. The Morgan fingerprint density at radius 1 is 1.18 bits per heavy atom. The van der Waals surface area contributed by atoms with Gasteiger partial charge in [-0.05, 0) is 58.0 Å². The van der Waals surface area contributed by atoms with Gasteiger partial charge in [0.15, 0.2) is 0 Å². The number of hydrogen-bond acceptors (Lipinski definition) is 7. The minimum Gasteiger partial charge on any atom is -0.464 e. The van der Waals surface area contributed by atoms with Crippen molar-refractivity contribution >= 4 is 23.8 Å². The quantitative estimate of drug-likeness (QED) is 0.656. The van der Waals surface area contributed by atoms with Crippen LogP contribution in [0.1, 0.15) is 51.8 Å². The first-order chi connectivity index (χ1) is 16.2. The molecule has 9 heteroatoms. The van der Waals surface area contributed by atoms with Gasteiger partial charge in [0.25, 0.3) is 0 Å². The van der Waals surface area contributed by atoms with Gasteiger partial charge in [0.1, 0.15) is 28.9 Å². The zero-order valence-corrected chi connectivity index (χ0v) is 20.0. The van der Waals surface area contributed by atoms with E-state index in [1.165, 1.54) is 12.1 Å². The minimum absolute atomic E-state index is 0.113. The summed E-state index contributed by atoms with van der Waals surface area (Å²) in [5.74, 6) is -0.347.